The minimum absolute atomic E-state index is 0.00740. The number of fused-ring (bicyclic) bond motifs is 1. The smallest absolute Gasteiger partial charge is 0.276 e. The molecule has 7 nitrogen and oxygen atoms in total. The van der Waals surface area contributed by atoms with Crippen LogP contribution in [0.1, 0.15) is 42.4 Å². The van der Waals surface area contributed by atoms with Gasteiger partial charge in [0.1, 0.15) is 12.4 Å². The fourth-order valence-electron chi connectivity index (χ4n) is 3.02. The molecule has 0 unspecified atom stereocenters. The van der Waals surface area contributed by atoms with E-state index in [0.717, 1.165) is 25.0 Å². The molecule has 7 heteroatoms. The zero-order valence-electron chi connectivity index (χ0n) is 12.7. The Kier molecular flexibility index (Phi) is 4.42. The molecular weight excluding hydrogens is 286 g/mol. The first kappa shape index (κ1) is 15.0. The van der Waals surface area contributed by atoms with Crippen LogP contribution in [-0.4, -0.2) is 53.7 Å². The van der Waals surface area contributed by atoms with Gasteiger partial charge in [-0.15, -0.1) is 0 Å². The fraction of sp³-hybridized carbons (Fsp3) is 0.667. The molecule has 2 fully saturated rings. The van der Waals surface area contributed by atoms with Gasteiger partial charge in [0.05, 0.1) is 12.1 Å². The summed E-state index contributed by atoms with van der Waals surface area (Å²) in [5, 5.41) is 6.82. The van der Waals surface area contributed by atoms with E-state index in [-0.39, 0.29) is 30.6 Å². The summed E-state index contributed by atoms with van der Waals surface area (Å²) in [6.45, 7) is 3.35. The van der Waals surface area contributed by atoms with Crippen LogP contribution in [0, 0.1) is 0 Å². The molecule has 2 saturated heterocycles. The van der Waals surface area contributed by atoms with E-state index < -0.39 is 0 Å². The maximum atomic E-state index is 12.5. The Bertz CT molecular complexity index is 557. The number of nitrogens with one attached hydrogen (secondary N) is 1. The summed E-state index contributed by atoms with van der Waals surface area (Å²) < 4.78 is 10.7. The molecule has 22 heavy (non-hydrogen) atoms. The van der Waals surface area contributed by atoms with Crippen molar-refractivity contribution in [3.05, 3.63) is 17.5 Å². The van der Waals surface area contributed by atoms with Crippen LogP contribution in [-0.2, 0) is 16.0 Å². The number of rotatable bonds is 3. The first-order chi connectivity index (χ1) is 10.7. The van der Waals surface area contributed by atoms with Crippen molar-refractivity contribution in [2.75, 3.05) is 19.7 Å². The van der Waals surface area contributed by atoms with Crippen molar-refractivity contribution in [1.82, 2.24) is 15.4 Å². The second-order valence-electron chi connectivity index (χ2n) is 5.82. The lowest BCUT2D eigenvalue weighted by Gasteiger charge is -2.30. The number of hydrogen-bond acceptors (Lipinski definition) is 5. The monoisotopic (exact) mass is 307 g/mol. The second kappa shape index (κ2) is 6.48. The van der Waals surface area contributed by atoms with Gasteiger partial charge < -0.3 is 19.5 Å². The highest BCUT2D eigenvalue weighted by Crippen LogP contribution is 2.19. The Hall–Kier alpha value is -1.89. The molecule has 0 aliphatic carbocycles. The number of carbonyl (C=O) groups is 2. The summed E-state index contributed by atoms with van der Waals surface area (Å²) in [4.78, 5) is 25.7. The van der Waals surface area contributed by atoms with E-state index in [0.29, 0.717) is 25.2 Å². The largest absolute Gasteiger partial charge is 0.366 e. The van der Waals surface area contributed by atoms with Crippen LogP contribution in [0.25, 0.3) is 0 Å². The number of hydrogen-bond donors (Lipinski definition) is 1. The summed E-state index contributed by atoms with van der Waals surface area (Å²) >= 11 is 0. The fourth-order valence-corrected chi connectivity index (χ4v) is 3.02. The van der Waals surface area contributed by atoms with Gasteiger partial charge in [-0.05, 0) is 19.3 Å². The van der Waals surface area contributed by atoms with Gasteiger partial charge in [0.25, 0.3) is 5.91 Å². The minimum Gasteiger partial charge on any atom is -0.366 e. The molecule has 2 aliphatic rings. The second-order valence-corrected chi connectivity index (χ2v) is 5.82. The number of morpholine rings is 1. The molecule has 3 heterocycles. The Morgan fingerprint density at radius 2 is 2.27 bits per heavy atom. The van der Waals surface area contributed by atoms with Crippen LogP contribution in [0.2, 0.25) is 0 Å². The normalized spacial score (nSPS) is 25.3. The molecule has 1 aromatic rings. The van der Waals surface area contributed by atoms with Crippen molar-refractivity contribution < 1.29 is 18.8 Å². The van der Waals surface area contributed by atoms with E-state index in [2.05, 4.69) is 17.4 Å². The Morgan fingerprint density at radius 1 is 1.45 bits per heavy atom. The van der Waals surface area contributed by atoms with E-state index in [1.807, 2.05) is 0 Å². The lowest BCUT2D eigenvalue weighted by molar-refractivity contribution is -0.136. The lowest BCUT2D eigenvalue weighted by Crippen LogP contribution is -2.51. The summed E-state index contributed by atoms with van der Waals surface area (Å²) in [5.41, 5.74) is 0.360. The van der Waals surface area contributed by atoms with Gasteiger partial charge in [-0.25, -0.2) is 0 Å². The molecule has 1 N–H and O–H groups in total. The molecule has 0 radical (unpaired) electrons. The van der Waals surface area contributed by atoms with Crippen LogP contribution >= 0.6 is 0 Å². The molecule has 2 aliphatic heterocycles. The number of aromatic nitrogens is 1. The summed E-state index contributed by atoms with van der Waals surface area (Å²) in [6, 6.07) is 1.72. The van der Waals surface area contributed by atoms with Gasteiger partial charge in [-0.3, -0.25) is 9.59 Å². The molecule has 120 valence electrons. The molecular formula is C15H21N3O4. The molecule has 2 amide bonds. The third-order valence-corrected chi connectivity index (χ3v) is 4.18. The zero-order valence-corrected chi connectivity index (χ0v) is 12.7. The average molecular weight is 307 g/mol. The molecule has 0 spiro atoms. The van der Waals surface area contributed by atoms with Crippen molar-refractivity contribution in [2.45, 2.75) is 44.8 Å². The number of ether oxygens (including phenoxy) is 1. The van der Waals surface area contributed by atoms with Gasteiger partial charge in [-0.1, -0.05) is 12.1 Å². The van der Waals surface area contributed by atoms with E-state index in [9.17, 15) is 9.59 Å². The molecule has 0 bridgehead atoms. The van der Waals surface area contributed by atoms with Crippen molar-refractivity contribution in [1.29, 1.82) is 0 Å². The third-order valence-electron chi connectivity index (χ3n) is 4.18. The van der Waals surface area contributed by atoms with Crippen LogP contribution in [0.5, 0.6) is 0 Å². The predicted octanol–water partition coefficient (Wildman–Crippen LogP) is 0.747. The summed E-state index contributed by atoms with van der Waals surface area (Å²) in [6.07, 6.45) is 3.14. The topological polar surface area (TPSA) is 84.7 Å². The number of carbonyl (C=O) groups excluding carboxylic acids is 2. The highest BCUT2D eigenvalue weighted by atomic mass is 16.5. The van der Waals surface area contributed by atoms with Crippen LogP contribution < -0.4 is 5.32 Å². The third kappa shape index (κ3) is 3.14. The van der Waals surface area contributed by atoms with E-state index in [1.165, 1.54) is 0 Å². The molecule has 1 aromatic heterocycles. The van der Waals surface area contributed by atoms with Crippen molar-refractivity contribution >= 4 is 11.8 Å². The number of nitrogens with zero attached hydrogens (tertiary/aromatic N) is 2. The molecule has 2 atom stereocenters. The van der Waals surface area contributed by atoms with Crippen molar-refractivity contribution in [2.24, 2.45) is 0 Å². The maximum Gasteiger partial charge on any atom is 0.276 e. The van der Waals surface area contributed by atoms with Gasteiger partial charge in [-0.2, -0.15) is 0 Å². The molecule has 0 aromatic carbocycles. The number of amides is 2. The quantitative estimate of drug-likeness (QED) is 0.890. The Labute approximate surface area is 129 Å². The number of likely N-dealkylation sites (tertiary alicyclic amines) is 1. The van der Waals surface area contributed by atoms with Crippen molar-refractivity contribution in [3.8, 4) is 0 Å². The minimum atomic E-state index is -0.115. The van der Waals surface area contributed by atoms with Gasteiger partial charge in [0, 0.05) is 25.6 Å². The lowest BCUT2D eigenvalue weighted by atomic mass is 10.0. The van der Waals surface area contributed by atoms with Crippen LogP contribution in [0.15, 0.2) is 10.6 Å². The first-order valence-electron chi connectivity index (χ1n) is 7.83. The van der Waals surface area contributed by atoms with Crippen LogP contribution in [0.3, 0.4) is 0 Å². The van der Waals surface area contributed by atoms with Crippen LogP contribution in [0.4, 0.5) is 0 Å². The summed E-state index contributed by atoms with van der Waals surface area (Å²) in [7, 11) is 0. The first-order valence-corrected chi connectivity index (χ1v) is 7.83. The average Bonchev–Trinajstić information content (AvgIpc) is 2.87. The SMILES string of the molecule is CCCc1cc(C(=O)N2CC[C@@H]3NC(=O)CO[C@H]3CC2)no1. The van der Waals surface area contributed by atoms with E-state index in [1.54, 1.807) is 11.0 Å². The molecule has 3 rings (SSSR count). The zero-order chi connectivity index (χ0) is 15.5. The van der Waals surface area contributed by atoms with Gasteiger partial charge >= 0.3 is 0 Å². The summed E-state index contributed by atoms with van der Waals surface area (Å²) in [5.74, 6) is 0.544. The standard InChI is InChI=1S/C15H21N3O4/c1-2-3-10-8-12(17-22-10)15(20)18-6-4-11-13(5-7-18)21-9-14(19)16-11/h8,11,13H,2-7,9H2,1H3,(H,16,19)/t11-,13-/m0/s1. The highest BCUT2D eigenvalue weighted by molar-refractivity contribution is 5.92. The van der Waals surface area contributed by atoms with Crippen molar-refractivity contribution in [3.63, 3.8) is 0 Å². The Balaban J connectivity index is 1.64. The molecule has 0 saturated carbocycles. The predicted molar refractivity (Wildman–Crippen MR) is 77.3 cm³/mol. The van der Waals surface area contributed by atoms with Gasteiger partial charge in [0.15, 0.2) is 5.69 Å². The Morgan fingerprint density at radius 3 is 3.09 bits per heavy atom. The van der Waals surface area contributed by atoms with E-state index in [4.69, 9.17) is 9.26 Å². The maximum absolute atomic E-state index is 12.5. The van der Waals surface area contributed by atoms with E-state index >= 15 is 0 Å². The highest BCUT2D eigenvalue weighted by Gasteiger charge is 2.34. The van der Waals surface area contributed by atoms with Gasteiger partial charge in [0.2, 0.25) is 5.91 Å². The number of aryl methyl sites for hydroxylation is 1.